The van der Waals surface area contributed by atoms with Gasteiger partial charge in [0, 0.05) is 19.0 Å². The van der Waals surface area contributed by atoms with Crippen LogP contribution in [0.5, 0.6) is 5.88 Å². The number of halogens is 1. The highest BCUT2D eigenvalue weighted by atomic mass is 35.5. The van der Waals surface area contributed by atoms with Gasteiger partial charge in [0.15, 0.2) is 5.15 Å². The summed E-state index contributed by atoms with van der Waals surface area (Å²) in [7, 11) is 0. The van der Waals surface area contributed by atoms with Crippen LogP contribution in [0.3, 0.4) is 0 Å². The fourth-order valence-electron chi connectivity index (χ4n) is 1.77. The monoisotopic (exact) mass is 256 g/mol. The summed E-state index contributed by atoms with van der Waals surface area (Å²) in [5.41, 5.74) is 0. The van der Waals surface area contributed by atoms with E-state index in [2.05, 4.69) is 9.97 Å². The molecule has 1 fully saturated rings. The smallest absolute Gasteiger partial charge is 0.315 e. The van der Waals surface area contributed by atoms with Crippen molar-refractivity contribution in [3.63, 3.8) is 0 Å². The minimum atomic E-state index is -0.317. The maximum absolute atomic E-state index is 11.9. The number of rotatable bonds is 2. The molecule has 1 aromatic rings. The van der Waals surface area contributed by atoms with Crippen LogP contribution in [0.4, 0.5) is 0 Å². The first-order valence-electron chi connectivity index (χ1n) is 5.46. The Hall–Kier alpha value is -1.20. The maximum atomic E-state index is 11.9. The Morgan fingerprint density at radius 2 is 2.29 bits per heavy atom. The van der Waals surface area contributed by atoms with Crippen LogP contribution >= 0.6 is 11.6 Å². The van der Waals surface area contributed by atoms with Crippen LogP contribution in [0.2, 0.25) is 5.15 Å². The van der Waals surface area contributed by atoms with E-state index in [-0.39, 0.29) is 29.0 Å². The summed E-state index contributed by atoms with van der Waals surface area (Å²) in [5, 5.41) is 0.0981. The first-order valence-corrected chi connectivity index (χ1v) is 5.84. The Morgan fingerprint density at radius 3 is 3.00 bits per heavy atom. The summed E-state index contributed by atoms with van der Waals surface area (Å²) >= 11 is 5.76. The van der Waals surface area contributed by atoms with Gasteiger partial charge in [-0.15, -0.1) is 0 Å². The molecule has 1 aliphatic rings. The summed E-state index contributed by atoms with van der Waals surface area (Å²) in [5.74, 6) is -0.405. The fourth-order valence-corrected chi connectivity index (χ4v) is 1.91. The number of nitrogens with zero attached hydrogens (tertiary/aromatic N) is 2. The molecule has 17 heavy (non-hydrogen) atoms. The summed E-state index contributed by atoms with van der Waals surface area (Å²) in [6, 6.07) is 0. The van der Waals surface area contributed by atoms with Gasteiger partial charge in [-0.05, 0) is 19.8 Å². The van der Waals surface area contributed by atoms with Crippen LogP contribution in [0.15, 0.2) is 12.4 Å². The molecule has 0 aliphatic carbocycles. The number of hydrogen-bond donors (Lipinski definition) is 0. The van der Waals surface area contributed by atoms with Gasteiger partial charge in [-0.3, -0.25) is 4.79 Å². The van der Waals surface area contributed by atoms with Crippen molar-refractivity contribution in [1.29, 1.82) is 0 Å². The van der Waals surface area contributed by atoms with Crippen LogP contribution in [-0.4, -0.2) is 28.6 Å². The Bertz CT molecular complexity index is 413. The lowest BCUT2D eigenvalue weighted by Gasteiger charge is -2.25. The average Bonchev–Trinajstić information content (AvgIpc) is 2.32. The van der Waals surface area contributed by atoms with Crippen LogP contribution in [-0.2, 0) is 9.53 Å². The molecule has 0 spiro atoms. The molecule has 0 bridgehead atoms. The van der Waals surface area contributed by atoms with Crippen LogP contribution < -0.4 is 4.74 Å². The van der Waals surface area contributed by atoms with Gasteiger partial charge in [-0.2, -0.15) is 0 Å². The molecule has 5 nitrogen and oxygen atoms in total. The van der Waals surface area contributed by atoms with Crippen molar-refractivity contribution in [1.82, 2.24) is 9.97 Å². The maximum Gasteiger partial charge on any atom is 0.315 e. The molecule has 2 unspecified atom stereocenters. The highest BCUT2D eigenvalue weighted by Crippen LogP contribution is 2.24. The van der Waals surface area contributed by atoms with E-state index >= 15 is 0 Å². The van der Waals surface area contributed by atoms with Crippen molar-refractivity contribution >= 4 is 17.6 Å². The first kappa shape index (κ1) is 12.3. The number of carbonyl (C=O) groups excluding carboxylic acids is 1. The minimum Gasteiger partial charge on any atom is -0.404 e. The van der Waals surface area contributed by atoms with E-state index in [0.29, 0.717) is 19.4 Å². The molecule has 0 radical (unpaired) electrons. The molecule has 0 amide bonds. The van der Waals surface area contributed by atoms with Gasteiger partial charge in [0.05, 0.1) is 12.0 Å². The fraction of sp³-hybridized carbons (Fsp3) is 0.545. The largest absolute Gasteiger partial charge is 0.404 e. The van der Waals surface area contributed by atoms with E-state index in [9.17, 15) is 4.79 Å². The molecule has 2 rings (SSSR count). The molecule has 0 aromatic carbocycles. The zero-order valence-corrected chi connectivity index (χ0v) is 10.2. The van der Waals surface area contributed by atoms with Gasteiger partial charge in [-0.1, -0.05) is 11.6 Å². The van der Waals surface area contributed by atoms with E-state index in [1.807, 2.05) is 6.92 Å². The quantitative estimate of drug-likeness (QED) is 0.756. The third-order valence-electron chi connectivity index (χ3n) is 2.64. The molecular formula is C11H13ClN2O3. The predicted molar refractivity (Wildman–Crippen MR) is 60.8 cm³/mol. The van der Waals surface area contributed by atoms with E-state index in [1.165, 1.54) is 12.4 Å². The van der Waals surface area contributed by atoms with Crippen LogP contribution in [0, 0.1) is 5.92 Å². The molecule has 1 saturated heterocycles. The number of hydrogen-bond acceptors (Lipinski definition) is 5. The van der Waals surface area contributed by atoms with Crippen molar-refractivity contribution in [2.75, 3.05) is 6.61 Å². The van der Waals surface area contributed by atoms with E-state index in [4.69, 9.17) is 21.1 Å². The van der Waals surface area contributed by atoms with E-state index < -0.39 is 0 Å². The Balaban J connectivity index is 1.99. The van der Waals surface area contributed by atoms with Crippen molar-refractivity contribution in [3.8, 4) is 5.88 Å². The Labute approximate surface area is 104 Å². The lowest BCUT2D eigenvalue weighted by atomic mass is 9.96. The van der Waals surface area contributed by atoms with Crippen molar-refractivity contribution < 1.29 is 14.3 Å². The van der Waals surface area contributed by atoms with E-state index in [0.717, 1.165) is 0 Å². The summed E-state index contributed by atoms with van der Waals surface area (Å²) in [6.45, 7) is 2.52. The van der Waals surface area contributed by atoms with Crippen LogP contribution in [0.1, 0.15) is 19.8 Å². The van der Waals surface area contributed by atoms with Gasteiger partial charge in [0.1, 0.15) is 0 Å². The normalized spacial score (nSPS) is 24.4. The number of aromatic nitrogens is 2. The van der Waals surface area contributed by atoms with Gasteiger partial charge in [-0.25, -0.2) is 9.97 Å². The lowest BCUT2D eigenvalue weighted by Crippen LogP contribution is -2.31. The zero-order valence-electron chi connectivity index (χ0n) is 9.43. The van der Waals surface area contributed by atoms with Crippen LogP contribution in [0.25, 0.3) is 0 Å². The third-order valence-corrected chi connectivity index (χ3v) is 2.90. The number of ether oxygens (including phenoxy) is 2. The molecule has 0 N–H and O–H groups in total. The third kappa shape index (κ3) is 3.14. The highest BCUT2D eigenvalue weighted by molar-refractivity contribution is 6.30. The topological polar surface area (TPSA) is 61.3 Å². The second-order valence-corrected chi connectivity index (χ2v) is 4.33. The molecule has 1 aromatic heterocycles. The average molecular weight is 257 g/mol. The Morgan fingerprint density at radius 1 is 1.53 bits per heavy atom. The van der Waals surface area contributed by atoms with E-state index in [1.54, 1.807) is 0 Å². The minimum absolute atomic E-state index is 0.0679. The molecule has 2 atom stereocenters. The van der Waals surface area contributed by atoms with Crippen molar-refractivity contribution in [3.05, 3.63) is 17.5 Å². The molecule has 92 valence electrons. The van der Waals surface area contributed by atoms with Gasteiger partial charge < -0.3 is 9.47 Å². The predicted octanol–water partition coefficient (Wildman–Crippen LogP) is 1.85. The second kappa shape index (κ2) is 5.42. The Kier molecular flexibility index (Phi) is 3.91. The SMILES string of the molecule is CC1CC(C(=O)Oc2nccnc2Cl)CCO1. The molecule has 0 saturated carbocycles. The highest BCUT2D eigenvalue weighted by Gasteiger charge is 2.28. The summed E-state index contributed by atoms with van der Waals surface area (Å²) in [6.07, 6.45) is 4.29. The van der Waals surface area contributed by atoms with Gasteiger partial charge in [0.2, 0.25) is 0 Å². The van der Waals surface area contributed by atoms with Gasteiger partial charge in [0.25, 0.3) is 5.88 Å². The summed E-state index contributed by atoms with van der Waals surface area (Å²) < 4.78 is 10.5. The lowest BCUT2D eigenvalue weighted by molar-refractivity contribution is -0.144. The summed E-state index contributed by atoms with van der Waals surface area (Å²) in [4.78, 5) is 19.5. The standard InChI is InChI=1S/C11H13ClN2O3/c1-7-6-8(2-5-16-7)11(15)17-10-9(12)13-3-4-14-10/h3-4,7-8H,2,5-6H2,1H3. The number of carbonyl (C=O) groups is 1. The van der Waals surface area contributed by atoms with Gasteiger partial charge >= 0.3 is 5.97 Å². The second-order valence-electron chi connectivity index (χ2n) is 3.98. The molecular weight excluding hydrogens is 244 g/mol. The molecule has 2 heterocycles. The molecule has 6 heteroatoms. The molecule has 1 aliphatic heterocycles. The number of esters is 1. The zero-order chi connectivity index (χ0) is 12.3. The van der Waals surface area contributed by atoms with Crippen molar-refractivity contribution in [2.24, 2.45) is 5.92 Å². The first-order chi connectivity index (χ1) is 8.16. The van der Waals surface area contributed by atoms with Crippen molar-refractivity contribution in [2.45, 2.75) is 25.9 Å².